The summed E-state index contributed by atoms with van der Waals surface area (Å²) in [5.74, 6) is -0.565. The highest BCUT2D eigenvalue weighted by Gasteiger charge is 2.18. The maximum absolute atomic E-state index is 13.1. The van der Waals surface area contributed by atoms with Gasteiger partial charge in [0, 0.05) is 17.6 Å². The molecule has 0 fully saturated rings. The van der Waals surface area contributed by atoms with E-state index in [1.54, 1.807) is 18.0 Å². The lowest BCUT2D eigenvalue weighted by Gasteiger charge is -2.24. The average molecular weight is 288 g/mol. The number of amides is 1. The number of hydrogen-bond acceptors (Lipinski definition) is 1. The first kappa shape index (κ1) is 13.2. The first-order valence-electron chi connectivity index (χ1n) is 5.19. The van der Waals surface area contributed by atoms with Gasteiger partial charge >= 0.3 is 0 Å². The Balaban J connectivity index is 3.00. The summed E-state index contributed by atoms with van der Waals surface area (Å²) in [6.07, 6.45) is 0.870. The summed E-state index contributed by atoms with van der Waals surface area (Å²) in [4.78, 5) is 13.7. The number of hydrogen-bond donors (Lipinski definition) is 0. The van der Waals surface area contributed by atoms with Crippen LogP contribution >= 0.6 is 15.9 Å². The molecule has 16 heavy (non-hydrogen) atoms. The van der Waals surface area contributed by atoms with Crippen LogP contribution in [0.3, 0.4) is 0 Å². The Bertz CT molecular complexity index is 395. The van der Waals surface area contributed by atoms with Crippen LogP contribution in [0, 0.1) is 5.82 Å². The molecule has 4 heteroatoms. The molecule has 0 bridgehead atoms. The van der Waals surface area contributed by atoms with Crippen molar-refractivity contribution in [2.45, 2.75) is 26.3 Å². The van der Waals surface area contributed by atoms with E-state index in [9.17, 15) is 9.18 Å². The Kier molecular flexibility index (Phi) is 4.47. The minimum atomic E-state index is -0.399. The number of carbonyl (C=O) groups is 1. The van der Waals surface area contributed by atoms with Crippen LogP contribution in [0.4, 0.5) is 4.39 Å². The van der Waals surface area contributed by atoms with Crippen LogP contribution < -0.4 is 0 Å². The Morgan fingerprint density at radius 1 is 1.56 bits per heavy atom. The molecule has 1 rings (SSSR count). The molecule has 1 atom stereocenters. The molecule has 0 aliphatic rings. The van der Waals surface area contributed by atoms with Crippen LogP contribution in [0.2, 0.25) is 0 Å². The second-order valence-electron chi connectivity index (χ2n) is 3.80. The summed E-state index contributed by atoms with van der Waals surface area (Å²) < 4.78 is 13.7. The van der Waals surface area contributed by atoms with E-state index in [0.717, 1.165) is 6.42 Å². The number of nitrogens with zero attached hydrogens (tertiary/aromatic N) is 1. The zero-order chi connectivity index (χ0) is 12.3. The second kappa shape index (κ2) is 5.43. The van der Waals surface area contributed by atoms with Crippen LogP contribution in [-0.2, 0) is 0 Å². The lowest BCUT2D eigenvalue weighted by molar-refractivity contribution is 0.0739. The predicted molar refractivity (Wildman–Crippen MR) is 65.9 cm³/mol. The fraction of sp³-hybridized carbons (Fsp3) is 0.417. The van der Waals surface area contributed by atoms with Gasteiger partial charge in [0.05, 0.1) is 5.56 Å². The van der Waals surface area contributed by atoms with Crippen molar-refractivity contribution in [3.63, 3.8) is 0 Å². The first-order valence-corrected chi connectivity index (χ1v) is 5.98. The summed E-state index contributed by atoms with van der Waals surface area (Å²) in [7, 11) is 1.73. The minimum absolute atomic E-state index is 0.141. The third-order valence-corrected chi connectivity index (χ3v) is 3.42. The summed E-state index contributed by atoms with van der Waals surface area (Å²) in [5.41, 5.74) is 0.364. The Labute approximate surface area is 104 Å². The van der Waals surface area contributed by atoms with Crippen molar-refractivity contribution in [1.29, 1.82) is 0 Å². The molecule has 1 aromatic carbocycles. The van der Waals surface area contributed by atoms with Crippen LogP contribution in [0.25, 0.3) is 0 Å². The molecule has 0 N–H and O–H groups in total. The monoisotopic (exact) mass is 287 g/mol. The molecule has 2 nitrogen and oxygen atoms in total. The molecular weight excluding hydrogens is 273 g/mol. The van der Waals surface area contributed by atoms with Crippen molar-refractivity contribution < 1.29 is 9.18 Å². The highest BCUT2D eigenvalue weighted by atomic mass is 79.9. The van der Waals surface area contributed by atoms with Crippen molar-refractivity contribution in [1.82, 2.24) is 4.90 Å². The van der Waals surface area contributed by atoms with Crippen molar-refractivity contribution in [2.75, 3.05) is 7.05 Å². The summed E-state index contributed by atoms with van der Waals surface area (Å²) in [6, 6.07) is 4.27. The van der Waals surface area contributed by atoms with Gasteiger partial charge in [0.2, 0.25) is 0 Å². The molecule has 0 aliphatic carbocycles. The Hall–Kier alpha value is -0.900. The molecule has 0 saturated heterocycles. The van der Waals surface area contributed by atoms with Gasteiger partial charge in [0.1, 0.15) is 5.82 Å². The standard InChI is InChI=1S/C12H15BrFNO/c1-4-8(2)15(3)12(16)10-7-9(14)5-6-11(10)13/h5-8H,4H2,1-3H3. The molecule has 0 aliphatic heterocycles. The van der Waals surface area contributed by atoms with Crippen molar-refractivity contribution in [3.05, 3.63) is 34.1 Å². The Morgan fingerprint density at radius 2 is 2.19 bits per heavy atom. The van der Waals surface area contributed by atoms with Crippen molar-refractivity contribution in [2.24, 2.45) is 0 Å². The fourth-order valence-electron chi connectivity index (χ4n) is 1.33. The molecule has 1 unspecified atom stereocenters. The van der Waals surface area contributed by atoms with Gasteiger partial charge in [-0.05, 0) is 47.5 Å². The predicted octanol–water partition coefficient (Wildman–Crippen LogP) is 3.46. The molecule has 88 valence electrons. The van der Waals surface area contributed by atoms with Gasteiger partial charge in [-0.2, -0.15) is 0 Å². The van der Waals surface area contributed by atoms with Gasteiger partial charge in [0.25, 0.3) is 5.91 Å². The molecule has 0 radical (unpaired) electrons. The smallest absolute Gasteiger partial charge is 0.255 e. The van der Waals surface area contributed by atoms with Crippen molar-refractivity contribution >= 4 is 21.8 Å². The molecule has 0 heterocycles. The van der Waals surface area contributed by atoms with Gasteiger partial charge in [-0.25, -0.2) is 4.39 Å². The van der Waals surface area contributed by atoms with Gasteiger partial charge in [0.15, 0.2) is 0 Å². The molecule has 0 spiro atoms. The van der Waals surface area contributed by atoms with Crippen molar-refractivity contribution in [3.8, 4) is 0 Å². The topological polar surface area (TPSA) is 20.3 Å². The average Bonchev–Trinajstić information content (AvgIpc) is 2.29. The molecule has 1 amide bonds. The number of benzene rings is 1. The second-order valence-corrected chi connectivity index (χ2v) is 4.65. The van der Waals surface area contributed by atoms with Gasteiger partial charge in [-0.3, -0.25) is 4.79 Å². The van der Waals surface area contributed by atoms with E-state index in [-0.39, 0.29) is 11.9 Å². The molecular formula is C12H15BrFNO. The first-order chi connectivity index (χ1) is 7.47. The van der Waals surface area contributed by atoms with E-state index in [4.69, 9.17) is 0 Å². The highest BCUT2D eigenvalue weighted by Crippen LogP contribution is 2.20. The van der Waals surface area contributed by atoms with Gasteiger partial charge in [-0.1, -0.05) is 6.92 Å². The van der Waals surface area contributed by atoms with Crippen LogP contribution in [0.1, 0.15) is 30.6 Å². The van der Waals surface area contributed by atoms with Gasteiger partial charge in [-0.15, -0.1) is 0 Å². The SMILES string of the molecule is CCC(C)N(C)C(=O)c1cc(F)ccc1Br. The van der Waals surface area contributed by atoms with E-state index in [1.807, 2.05) is 13.8 Å². The number of carbonyl (C=O) groups excluding carboxylic acids is 1. The van der Waals surface area contributed by atoms with Crippen LogP contribution in [-0.4, -0.2) is 23.9 Å². The third-order valence-electron chi connectivity index (χ3n) is 2.73. The normalized spacial score (nSPS) is 12.3. The fourth-order valence-corrected chi connectivity index (χ4v) is 1.74. The Morgan fingerprint density at radius 3 is 2.75 bits per heavy atom. The maximum Gasteiger partial charge on any atom is 0.255 e. The summed E-state index contributed by atoms with van der Waals surface area (Å²) >= 11 is 3.26. The van der Waals surface area contributed by atoms with E-state index < -0.39 is 5.82 Å². The minimum Gasteiger partial charge on any atom is -0.339 e. The van der Waals surface area contributed by atoms with E-state index in [0.29, 0.717) is 10.0 Å². The number of rotatable bonds is 3. The largest absolute Gasteiger partial charge is 0.339 e. The highest BCUT2D eigenvalue weighted by molar-refractivity contribution is 9.10. The zero-order valence-corrected chi connectivity index (χ0v) is 11.2. The number of halogens is 2. The summed E-state index contributed by atoms with van der Waals surface area (Å²) in [5, 5.41) is 0. The maximum atomic E-state index is 13.1. The van der Waals surface area contributed by atoms with E-state index in [2.05, 4.69) is 15.9 Å². The molecule has 0 saturated carbocycles. The molecule has 1 aromatic rings. The zero-order valence-electron chi connectivity index (χ0n) is 9.63. The van der Waals surface area contributed by atoms with E-state index >= 15 is 0 Å². The van der Waals surface area contributed by atoms with Gasteiger partial charge < -0.3 is 4.90 Å². The van der Waals surface area contributed by atoms with Crippen LogP contribution in [0.5, 0.6) is 0 Å². The van der Waals surface area contributed by atoms with E-state index in [1.165, 1.54) is 12.1 Å². The summed E-state index contributed by atoms with van der Waals surface area (Å²) in [6.45, 7) is 3.97. The lowest BCUT2D eigenvalue weighted by Crippen LogP contribution is -2.34. The lowest BCUT2D eigenvalue weighted by atomic mass is 10.1. The quantitative estimate of drug-likeness (QED) is 0.834. The third kappa shape index (κ3) is 2.82. The molecule has 0 aromatic heterocycles. The van der Waals surface area contributed by atoms with Crippen LogP contribution in [0.15, 0.2) is 22.7 Å².